The first kappa shape index (κ1) is 26.8. The second-order valence-electron chi connectivity index (χ2n) is 9.69. The van der Waals surface area contributed by atoms with Crippen LogP contribution in [-0.4, -0.2) is 55.1 Å². The number of nitrogens with zero attached hydrogens (tertiary/aromatic N) is 2. The molecular weight excluding hydrogens is 486 g/mol. The minimum atomic E-state index is -3.92. The van der Waals surface area contributed by atoms with E-state index in [2.05, 4.69) is 5.32 Å². The monoisotopic (exact) mass is 521 g/mol. The molecule has 0 unspecified atom stereocenters. The van der Waals surface area contributed by atoms with Crippen LogP contribution in [0.1, 0.15) is 44.6 Å². The molecule has 196 valence electrons. The van der Waals surface area contributed by atoms with Gasteiger partial charge in [-0.1, -0.05) is 80.4 Å². The molecule has 0 heterocycles. The van der Waals surface area contributed by atoms with Crippen LogP contribution < -0.4 is 5.32 Å². The zero-order chi connectivity index (χ0) is 26.4. The van der Waals surface area contributed by atoms with Crippen molar-refractivity contribution in [3.8, 4) is 0 Å². The number of amides is 2. The van der Waals surface area contributed by atoms with Gasteiger partial charge in [-0.15, -0.1) is 0 Å². The largest absolute Gasteiger partial charge is 0.352 e. The van der Waals surface area contributed by atoms with Gasteiger partial charge in [0.2, 0.25) is 21.8 Å². The number of hydrogen-bond acceptors (Lipinski definition) is 4. The summed E-state index contributed by atoms with van der Waals surface area (Å²) < 4.78 is 27.8. The van der Waals surface area contributed by atoms with E-state index in [9.17, 15) is 18.0 Å². The van der Waals surface area contributed by atoms with Crippen LogP contribution >= 0.6 is 0 Å². The third kappa shape index (κ3) is 6.37. The van der Waals surface area contributed by atoms with Crippen LogP contribution in [0.5, 0.6) is 0 Å². The number of fused-ring (bicyclic) bond motifs is 1. The van der Waals surface area contributed by atoms with Crippen LogP contribution in [0.4, 0.5) is 0 Å². The maximum atomic E-state index is 13.6. The lowest BCUT2D eigenvalue weighted by molar-refractivity contribution is -0.141. The highest BCUT2D eigenvalue weighted by Gasteiger charge is 2.33. The highest BCUT2D eigenvalue weighted by molar-refractivity contribution is 7.89. The summed E-state index contributed by atoms with van der Waals surface area (Å²) in [7, 11) is -2.51. The summed E-state index contributed by atoms with van der Waals surface area (Å²) in [5.74, 6) is -0.595. The molecule has 0 aromatic heterocycles. The molecule has 1 aliphatic carbocycles. The molecule has 3 aromatic rings. The van der Waals surface area contributed by atoms with E-state index >= 15 is 0 Å². The van der Waals surface area contributed by atoms with Crippen molar-refractivity contribution in [2.75, 3.05) is 13.6 Å². The number of nitrogens with one attached hydrogen (secondary N) is 1. The highest BCUT2D eigenvalue weighted by atomic mass is 32.2. The van der Waals surface area contributed by atoms with Gasteiger partial charge in [-0.05, 0) is 47.7 Å². The molecule has 2 amide bonds. The van der Waals surface area contributed by atoms with Crippen molar-refractivity contribution in [1.29, 1.82) is 0 Å². The Kier molecular flexibility index (Phi) is 8.61. The molecule has 0 bridgehead atoms. The van der Waals surface area contributed by atoms with Crippen LogP contribution in [0.3, 0.4) is 0 Å². The first-order valence-electron chi connectivity index (χ1n) is 12.9. The molecule has 8 heteroatoms. The number of carbonyl (C=O) groups is 2. The van der Waals surface area contributed by atoms with Crippen molar-refractivity contribution in [3.05, 3.63) is 78.4 Å². The Bertz CT molecular complexity index is 1340. The van der Waals surface area contributed by atoms with E-state index in [1.165, 1.54) is 11.9 Å². The predicted molar refractivity (Wildman–Crippen MR) is 145 cm³/mol. The van der Waals surface area contributed by atoms with Gasteiger partial charge in [0.05, 0.1) is 11.4 Å². The first-order valence-corrected chi connectivity index (χ1v) is 14.3. The molecule has 4 rings (SSSR count). The normalized spacial score (nSPS) is 15.1. The lowest BCUT2D eigenvalue weighted by atomic mass is 10.1. The standard InChI is InChI=1S/C29H35N3O4S/c1-3-27(29(34)30-25-15-9-10-16-25)32(20-22-11-5-4-6-12-22)28(33)21-31(2)37(35,36)26-18-17-23-13-7-8-14-24(23)19-26/h4-8,11-14,17-19,25,27H,3,9-10,15-16,20-21H2,1-2H3,(H,30,34)/t27-/m1/s1. The molecule has 37 heavy (non-hydrogen) atoms. The van der Waals surface area contributed by atoms with Crippen molar-refractivity contribution in [2.45, 2.75) is 62.6 Å². The Hall–Kier alpha value is -3.23. The Morgan fingerprint density at radius 2 is 1.59 bits per heavy atom. The number of hydrogen-bond donors (Lipinski definition) is 1. The first-order chi connectivity index (χ1) is 17.8. The number of sulfonamides is 1. The molecule has 0 radical (unpaired) electrons. The minimum Gasteiger partial charge on any atom is -0.352 e. The second-order valence-corrected chi connectivity index (χ2v) is 11.7. The lowest BCUT2D eigenvalue weighted by Crippen LogP contribution is -2.53. The Labute approximate surface area is 219 Å². The SMILES string of the molecule is CC[C@H](C(=O)NC1CCCC1)N(Cc1ccccc1)C(=O)CN(C)S(=O)(=O)c1ccc2ccccc2c1. The predicted octanol–water partition coefficient (Wildman–Crippen LogP) is 4.33. The summed E-state index contributed by atoms with van der Waals surface area (Å²) in [5, 5.41) is 4.86. The molecule has 0 spiro atoms. The fraction of sp³-hybridized carbons (Fsp3) is 0.379. The maximum Gasteiger partial charge on any atom is 0.243 e. The number of rotatable bonds is 10. The fourth-order valence-electron chi connectivity index (χ4n) is 4.94. The molecule has 0 aliphatic heterocycles. The van der Waals surface area contributed by atoms with Gasteiger partial charge >= 0.3 is 0 Å². The number of likely N-dealkylation sites (N-methyl/N-ethyl adjacent to an activating group) is 1. The molecule has 1 fully saturated rings. The highest BCUT2D eigenvalue weighted by Crippen LogP contribution is 2.23. The molecule has 1 atom stereocenters. The lowest BCUT2D eigenvalue weighted by Gasteiger charge is -2.32. The zero-order valence-electron chi connectivity index (χ0n) is 21.5. The van der Waals surface area contributed by atoms with Crippen molar-refractivity contribution in [2.24, 2.45) is 0 Å². The van der Waals surface area contributed by atoms with Gasteiger partial charge in [-0.25, -0.2) is 8.42 Å². The third-order valence-corrected chi connectivity index (χ3v) is 8.87. The van der Waals surface area contributed by atoms with Gasteiger partial charge in [0.15, 0.2) is 0 Å². The van der Waals surface area contributed by atoms with Gasteiger partial charge in [0.25, 0.3) is 0 Å². The maximum absolute atomic E-state index is 13.6. The van der Waals surface area contributed by atoms with Crippen LogP contribution in [0.25, 0.3) is 10.8 Å². The van der Waals surface area contributed by atoms with E-state index in [-0.39, 0.29) is 29.9 Å². The van der Waals surface area contributed by atoms with Crippen LogP contribution in [0, 0.1) is 0 Å². The summed E-state index contributed by atoms with van der Waals surface area (Å²) in [6.07, 6.45) is 4.50. The van der Waals surface area contributed by atoms with Gasteiger partial charge in [-0.3, -0.25) is 9.59 Å². The number of benzene rings is 3. The summed E-state index contributed by atoms with van der Waals surface area (Å²) in [6, 6.07) is 21.4. The van der Waals surface area contributed by atoms with Crippen molar-refractivity contribution >= 4 is 32.6 Å². The summed E-state index contributed by atoms with van der Waals surface area (Å²) >= 11 is 0. The zero-order valence-corrected chi connectivity index (χ0v) is 22.3. The van der Waals surface area contributed by atoms with E-state index in [4.69, 9.17) is 0 Å². The Balaban J connectivity index is 1.56. The van der Waals surface area contributed by atoms with Gasteiger partial charge < -0.3 is 10.2 Å². The third-order valence-electron chi connectivity index (χ3n) is 7.07. The van der Waals surface area contributed by atoms with Crippen molar-refractivity contribution in [3.63, 3.8) is 0 Å². The second kappa shape index (κ2) is 11.9. The minimum absolute atomic E-state index is 0.127. The Morgan fingerprint density at radius 3 is 2.27 bits per heavy atom. The summed E-state index contributed by atoms with van der Waals surface area (Å²) in [6.45, 7) is 1.73. The van der Waals surface area contributed by atoms with E-state index in [0.717, 1.165) is 46.3 Å². The molecular formula is C29H35N3O4S. The van der Waals surface area contributed by atoms with Gasteiger partial charge in [0, 0.05) is 19.6 Å². The quantitative estimate of drug-likeness (QED) is 0.430. The van der Waals surface area contributed by atoms with E-state index in [1.807, 2.05) is 61.5 Å². The molecule has 3 aromatic carbocycles. The number of carbonyl (C=O) groups excluding carboxylic acids is 2. The van der Waals surface area contributed by atoms with Gasteiger partial charge in [-0.2, -0.15) is 4.31 Å². The molecule has 1 saturated carbocycles. The van der Waals surface area contributed by atoms with Crippen LogP contribution in [0.2, 0.25) is 0 Å². The average Bonchev–Trinajstić information content (AvgIpc) is 3.41. The molecule has 1 aliphatic rings. The molecule has 7 nitrogen and oxygen atoms in total. The van der Waals surface area contributed by atoms with E-state index in [0.29, 0.717) is 6.42 Å². The van der Waals surface area contributed by atoms with Crippen molar-refractivity contribution < 1.29 is 18.0 Å². The Morgan fingerprint density at radius 1 is 0.946 bits per heavy atom. The van der Waals surface area contributed by atoms with Crippen LogP contribution in [-0.2, 0) is 26.2 Å². The topological polar surface area (TPSA) is 86.8 Å². The van der Waals surface area contributed by atoms with Crippen molar-refractivity contribution in [1.82, 2.24) is 14.5 Å². The smallest absolute Gasteiger partial charge is 0.243 e. The molecule has 0 saturated heterocycles. The summed E-state index contributed by atoms with van der Waals surface area (Å²) in [5.41, 5.74) is 0.878. The molecule has 1 N–H and O–H groups in total. The van der Waals surface area contributed by atoms with Crippen LogP contribution in [0.15, 0.2) is 77.7 Å². The average molecular weight is 522 g/mol. The van der Waals surface area contributed by atoms with Gasteiger partial charge in [0.1, 0.15) is 6.04 Å². The summed E-state index contributed by atoms with van der Waals surface area (Å²) in [4.78, 5) is 28.5. The van der Waals surface area contributed by atoms with E-state index < -0.39 is 22.0 Å². The van der Waals surface area contributed by atoms with E-state index in [1.54, 1.807) is 18.2 Å². The fourth-order valence-corrected chi connectivity index (χ4v) is 6.10.